The lowest BCUT2D eigenvalue weighted by Gasteiger charge is -2.23. The highest BCUT2D eigenvalue weighted by atomic mass is 32.2. The lowest BCUT2D eigenvalue weighted by molar-refractivity contribution is -0.115. The largest absolute Gasteiger partial charge is 0.497 e. The summed E-state index contributed by atoms with van der Waals surface area (Å²) in [6.07, 6.45) is 0. The van der Waals surface area contributed by atoms with Gasteiger partial charge in [-0.1, -0.05) is 60.3 Å². The number of carbonyl (C=O) groups is 1. The minimum Gasteiger partial charge on any atom is -0.497 e. The third-order valence-electron chi connectivity index (χ3n) is 5.32. The molecule has 0 aliphatic heterocycles. The van der Waals surface area contributed by atoms with E-state index in [4.69, 9.17) is 9.15 Å². The summed E-state index contributed by atoms with van der Waals surface area (Å²) < 4.78 is 11.0. The molecule has 4 aromatic carbocycles. The number of hydrogen-bond donors (Lipinski definition) is 0. The summed E-state index contributed by atoms with van der Waals surface area (Å²) in [6.45, 7) is 0. The zero-order chi connectivity index (χ0) is 23.3. The predicted molar refractivity (Wildman–Crippen MR) is 135 cm³/mol. The van der Waals surface area contributed by atoms with Crippen molar-refractivity contribution in [2.24, 2.45) is 0 Å². The Morgan fingerprint density at radius 2 is 1.59 bits per heavy atom. The second-order valence-corrected chi connectivity index (χ2v) is 8.41. The van der Waals surface area contributed by atoms with Gasteiger partial charge in [-0.3, -0.25) is 9.69 Å². The average Bonchev–Trinajstić information content (AvgIpc) is 3.37. The normalized spacial score (nSPS) is 10.9. The summed E-state index contributed by atoms with van der Waals surface area (Å²) >= 11 is 1.22. The van der Waals surface area contributed by atoms with Gasteiger partial charge in [-0.2, -0.15) is 0 Å². The number of anilines is 2. The molecule has 0 N–H and O–H groups in total. The monoisotopic (exact) mass is 467 g/mol. The number of methoxy groups -OCH3 is 1. The van der Waals surface area contributed by atoms with Gasteiger partial charge in [0.05, 0.1) is 12.9 Å². The van der Waals surface area contributed by atoms with E-state index in [1.54, 1.807) is 12.0 Å². The Morgan fingerprint density at radius 3 is 2.35 bits per heavy atom. The first-order chi connectivity index (χ1) is 16.7. The first-order valence-electron chi connectivity index (χ1n) is 10.7. The summed E-state index contributed by atoms with van der Waals surface area (Å²) in [6, 6.07) is 31.1. The van der Waals surface area contributed by atoms with Crippen LogP contribution in [0.3, 0.4) is 0 Å². The zero-order valence-corrected chi connectivity index (χ0v) is 19.2. The van der Waals surface area contributed by atoms with Crippen LogP contribution in [0.4, 0.5) is 11.4 Å². The molecule has 5 rings (SSSR count). The molecule has 1 amide bonds. The number of para-hydroxylation sites is 1. The van der Waals surface area contributed by atoms with Crippen LogP contribution in [0.5, 0.6) is 5.75 Å². The van der Waals surface area contributed by atoms with Crippen LogP contribution in [0.2, 0.25) is 0 Å². The number of nitrogens with zero attached hydrogens (tertiary/aromatic N) is 3. The summed E-state index contributed by atoms with van der Waals surface area (Å²) in [5.74, 6) is 1.20. The maximum Gasteiger partial charge on any atom is 0.277 e. The van der Waals surface area contributed by atoms with Crippen molar-refractivity contribution in [1.29, 1.82) is 0 Å². The lowest BCUT2D eigenvalue weighted by Crippen LogP contribution is -2.27. The summed E-state index contributed by atoms with van der Waals surface area (Å²) in [7, 11) is 1.62. The van der Waals surface area contributed by atoms with Gasteiger partial charge in [-0.15, -0.1) is 10.2 Å². The van der Waals surface area contributed by atoms with E-state index in [2.05, 4.69) is 16.3 Å². The van der Waals surface area contributed by atoms with Crippen molar-refractivity contribution >= 4 is 39.8 Å². The lowest BCUT2D eigenvalue weighted by atomic mass is 10.1. The zero-order valence-electron chi connectivity index (χ0n) is 18.4. The van der Waals surface area contributed by atoms with Gasteiger partial charge >= 0.3 is 0 Å². The molecule has 0 aliphatic rings. The third-order valence-corrected chi connectivity index (χ3v) is 6.12. The minimum absolute atomic E-state index is 0.0873. The number of rotatable bonds is 7. The van der Waals surface area contributed by atoms with Crippen molar-refractivity contribution < 1.29 is 13.9 Å². The highest BCUT2D eigenvalue weighted by molar-refractivity contribution is 7.99. The molecular formula is C27H21N3O3S. The van der Waals surface area contributed by atoms with Crippen LogP contribution in [0.15, 0.2) is 107 Å². The Morgan fingerprint density at radius 1 is 0.853 bits per heavy atom. The van der Waals surface area contributed by atoms with Gasteiger partial charge in [0, 0.05) is 16.9 Å². The Bertz CT molecular complexity index is 1420. The molecule has 0 saturated heterocycles. The first-order valence-corrected chi connectivity index (χ1v) is 11.7. The Kier molecular flexibility index (Phi) is 6.27. The summed E-state index contributed by atoms with van der Waals surface area (Å²) in [4.78, 5) is 15.1. The topological polar surface area (TPSA) is 68.5 Å². The molecule has 0 spiro atoms. The van der Waals surface area contributed by atoms with Gasteiger partial charge in [0.15, 0.2) is 0 Å². The number of thioether (sulfide) groups is 1. The van der Waals surface area contributed by atoms with Crippen LogP contribution in [0.1, 0.15) is 0 Å². The predicted octanol–water partition coefficient (Wildman–Crippen LogP) is 6.36. The standard InChI is InChI=1S/C27H21N3O3S/c1-32-24-15-12-20(13-16-24)26-28-29-27(33-26)34-18-25(31)30(22-9-3-2-4-10-22)23-14-11-19-7-5-6-8-21(19)17-23/h2-17H,18H2,1H3. The molecule has 1 heterocycles. The molecule has 7 heteroatoms. The highest BCUT2D eigenvalue weighted by Crippen LogP contribution is 2.31. The molecule has 0 atom stereocenters. The van der Waals surface area contributed by atoms with E-state index in [1.165, 1.54) is 11.8 Å². The van der Waals surface area contributed by atoms with Crippen LogP contribution in [0.25, 0.3) is 22.2 Å². The van der Waals surface area contributed by atoms with Gasteiger partial charge in [-0.05, 0) is 59.3 Å². The Labute approximate surface area is 201 Å². The number of fused-ring (bicyclic) bond motifs is 1. The van der Waals surface area contributed by atoms with Gasteiger partial charge in [0.2, 0.25) is 11.8 Å². The molecule has 0 aliphatic carbocycles. The number of carbonyl (C=O) groups excluding carboxylic acids is 1. The minimum atomic E-state index is -0.0873. The molecule has 5 aromatic rings. The fourth-order valence-corrected chi connectivity index (χ4v) is 4.25. The molecule has 6 nitrogen and oxygen atoms in total. The molecule has 0 radical (unpaired) electrons. The number of aromatic nitrogens is 2. The van der Waals surface area contributed by atoms with Crippen LogP contribution < -0.4 is 9.64 Å². The molecular weight excluding hydrogens is 446 g/mol. The van der Waals surface area contributed by atoms with Crippen molar-refractivity contribution in [2.75, 3.05) is 17.8 Å². The SMILES string of the molecule is COc1ccc(-c2nnc(SCC(=O)N(c3ccccc3)c3ccc4ccccc4c3)o2)cc1. The van der Waals surface area contributed by atoms with E-state index in [0.29, 0.717) is 11.1 Å². The summed E-state index contributed by atoms with van der Waals surface area (Å²) in [5.41, 5.74) is 2.39. The van der Waals surface area contributed by atoms with Crippen molar-refractivity contribution in [3.05, 3.63) is 97.1 Å². The number of benzene rings is 4. The molecule has 0 unspecified atom stereocenters. The third kappa shape index (κ3) is 4.65. The number of ether oxygens (including phenoxy) is 1. The van der Waals surface area contributed by atoms with Crippen molar-refractivity contribution in [3.63, 3.8) is 0 Å². The smallest absolute Gasteiger partial charge is 0.277 e. The van der Waals surface area contributed by atoms with E-state index < -0.39 is 0 Å². The fourth-order valence-electron chi connectivity index (χ4n) is 3.64. The van der Waals surface area contributed by atoms with E-state index in [-0.39, 0.29) is 11.7 Å². The Balaban J connectivity index is 1.36. The van der Waals surface area contributed by atoms with E-state index >= 15 is 0 Å². The van der Waals surface area contributed by atoms with Crippen molar-refractivity contribution in [1.82, 2.24) is 10.2 Å². The second-order valence-electron chi connectivity index (χ2n) is 7.49. The van der Waals surface area contributed by atoms with Crippen molar-refractivity contribution in [3.8, 4) is 17.2 Å². The summed E-state index contributed by atoms with van der Waals surface area (Å²) in [5, 5.41) is 10.7. The van der Waals surface area contributed by atoms with Crippen molar-refractivity contribution in [2.45, 2.75) is 5.22 Å². The van der Waals surface area contributed by atoms with E-state index in [1.807, 2.05) is 91.0 Å². The van der Waals surface area contributed by atoms with Gasteiger partial charge in [0.1, 0.15) is 5.75 Å². The Hall–Kier alpha value is -4.10. The highest BCUT2D eigenvalue weighted by Gasteiger charge is 2.20. The number of amides is 1. The first kappa shape index (κ1) is 21.7. The molecule has 0 bridgehead atoms. The fraction of sp³-hybridized carbons (Fsp3) is 0.0741. The van der Waals surface area contributed by atoms with E-state index in [0.717, 1.165) is 33.5 Å². The van der Waals surface area contributed by atoms with Gasteiger partial charge in [-0.25, -0.2) is 0 Å². The maximum absolute atomic E-state index is 13.4. The number of hydrogen-bond acceptors (Lipinski definition) is 6. The molecule has 0 fully saturated rings. The van der Waals surface area contributed by atoms with Gasteiger partial charge in [0.25, 0.3) is 5.22 Å². The maximum atomic E-state index is 13.4. The molecule has 168 valence electrons. The molecule has 34 heavy (non-hydrogen) atoms. The van der Waals surface area contributed by atoms with Crippen LogP contribution in [0, 0.1) is 0 Å². The van der Waals surface area contributed by atoms with Crippen LogP contribution >= 0.6 is 11.8 Å². The van der Waals surface area contributed by atoms with E-state index in [9.17, 15) is 4.79 Å². The van der Waals surface area contributed by atoms with Crippen LogP contribution in [-0.2, 0) is 4.79 Å². The van der Waals surface area contributed by atoms with Gasteiger partial charge < -0.3 is 9.15 Å². The van der Waals surface area contributed by atoms with Crippen LogP contribution in [-0.4, -0.2) is 29.0 Å². The molecule has 0 saturated carbocycles. The molecule has 1 aromatic heterocycles. The average molecular weight is 468 g/mol. The quantitative estimate of drug-likeness (QED) is 0.260. The second kappa shape index (κ2) is 9.80.